The standard InChI is InChI=1S/C12H22Si/c1-7-11(2)10-12(3)8-9-13(4,5)6/h10-11H,7H2,1-6H3/b12-10+/t11-/m0/s1. The first-order valence-electron chi connectivity index (χ1n) is 5.06. The molecule has 0 aromatic heterocycles. The fraction of sp³-hybridized carbons (Fsp3) is 0.667. The van der Waals surface area contributed by atoms with Crippen LogP contribution in [0.4, 0.5) is 0 Å². The summed E-state index contributed by atoms with van der Waals surface area (Å²) in [5, 5.41) is 0. The monoisotopic (exact) mass is 194 g/mol. The maximum atomic E-state index is 3.37. The van der Waals surface area contributed by atoms with Crippen LogP contribution >= 0.6 is 0 Å². The van der Waals surface area contributed by atoms with E-state index in [1.54, 1.807) is 0 Å². The minimum absolute atomic E-state index is 0.663. The van der Waals surface area contributed by atoms with E-state index < -0.39 is 8.07 Å². The number of hydrogen-bond donors (Lipinski definition) is 0. The predicted octanol–water partition coefficient (Wildman–Crippen LogP) is 3.86. The highest BCUT2D eigenvalue weighted by atomic mass is 28.3. The van der Waals surface area contributed by atoms with Crippen molar-refractivity contribution in [3.63, 3.8) is 0 Å². The lowest BCUT2D eigenvalue weighted by Gasteiger charge is -2.04. The van der Waals surface area contributed by atoms with Crippen molar-refractivity contribution in [2.75, 3.05) is 0 Å². The van der Waals surface area contributed by atoms with Gasteiger partial charge in [-0.2, -0.15) is 0 Å². The fourth-order valence-corrected chi connectivity index (χ4v) is 1.44. The number of allylic oxidation sites excluding steroid dienone is 2. The molecular weight excluding hydrogens is 172 g/mol. The van der Waals surface area contributed by atoms with E-state index in [0.717, 1.165) is 0 Å². The molecule has 0 bridgehead atoms. The lowest BCUT2D eigenvalue weighted by molar-refractivity contribution is 0.695. The van der Waals surface area contributed by atoms with Crippen molar-refractivity contribution in [2.45, 2.75) is 46.8 Å². The van der Waals surface area contributed by atoms with Crippen LogP contribution in [0.1, 0.15) is 27.2 Å². The minimum atomic E-state index is -1.18. The van der Waals surface area contributed by atoms with Gasteiger partial charge < -0.3 is 0 Å². The van der Waals surface area contributed by atoms with Crippen molar-refractivity contribution in [1.82, 2.24) is 0 Å². The largest absolute Gasteiger partial charge is 0.129 e. The Morgan fingerprint density at radius 2 is 1.92 bits per heavy atom. The van der Waals surface area contributed by atoms with Crippen LogP contribution in [-0.2, 0) is 0 Å². The summed E-state index contributed by atoms with van der Waals surface area (Å²) >= 11 is 0. The summed E-state index contributed by atoms with van der Waals surface area (Å²) in [6.45, 7) is 13.4. The molecule has 0 aliphatic rings. The van der Waals surface area contributed by atoms with Gasteiger partial charge in [0.05, 0.1) is 0 Å². The highest BCUT2D eigenvalue weighted by Gasteiger charge is 2.07. The molecule has 0 aliphatic heterocycles. The summed E-state index contributed by atoms with van der Waals surface area (Å²) in [4.78, 5) is 0. The highest BCUT2D eigenvalue weighted by molar-refractivity contribution is 6.83. The molecule has 0 saturated heterocycles. The van der Waals surface area contributed by atoms with Crippen LogP contribution in [0.2, 0.25) is 19.6 Å². The fourth-order valence-electron chi connectivity index (χ4n) is 0.872. The van der Waals surface area contributed by atoms with Crippen molar-refractivity contribution in [3.05, 3.63) is 11.6 Å². The van der Waals surface area contributed by atoms with E-state index in [2.05, 4.69) is 58.0 Å². The van der Waals surface area contributed by atoms with Crippen LogP contribution < -0.4 is 0 Å². The molecule has 0 fully saturated rings. The second kappa shape index (κ2) is 5.29. The van der Waals surface area contributed by atoms with Crippen molar-refractivity contribution in [3.8, 4) is 11.5 Å². The molecule has 0 rings (SSSR count). The molecule has 0 amide bonds. The molecule has 1 heteroatoms. The zero-order valence-electron chi connectivity index (χ0n) is 9.86. The Morgan fingerprint density at radius 3 is 2.31 bits per heavy atom. The van der Waals surface area contributed by atoms with Gasteiger partial charge in [-0.3, -0.25) is 0 Å². The van der Waals surface area contributed by atoms with Gasteiger partial charge in [-0.1, -0.05) is 51.9 Å². The molecule has 74 valence electrons. The van der Waals surface area contributed by atoms with Crippen molar-refractivity contribution >= 4 is 8.07 Å². The average molecular weight is 194 g/mol. The van der Waals surface area contributed by atoms with Gasteiger partial charge in [0.25, 0.3) is 0 Å². The third kappa shape index (κ3) is 7.86. The van der Waals surface area contributed by atoms with E-state index in [0.29, 0.717) is 5.92 Å². The smallest absolute Gasteiger partial charge is 0.127 e. The Bertz CT molecular complexity index is 232. The molecule has 0 unspecified atom stereocenters. The van der Waals surface area contributed by atoms with Crippen LogP contribution in [0.15, 0.2) is 11.6 Å². The summed E-state index contributed by atoms with van der Waals surface area (Å²) in [6.07, 6.45) is 3.47. The topological polar surface area (TPSA) is 0 Å². The molecule has 0 aromatic carbocycles. The molecule has 0 spiro atoms. The van der Waals surface area contributed by atoms with Gasteiger partial charge in [0, 0.05) is 0 Å². The van der Waals surface area contributed by atoms with Crippen molar-refractivity contribution < 1.29 is 0 Å². The van der Waals surface area contributed by atoms with Crippen LogP contribution in [0.5, 0.6) is 0 Å². The summed E-state index contributed by atoms with van der Waals surface area (Å²) < 4.78 is 0. The molecule has 0 heterocycles. The zero-order valence-corrected chi connectivity index (χ0v) is 10.9. The normalized spacial score (nSPS) is 14.8. The zero-order chi connectivity index (χ0) is 10.5. The highest BCUT2D eigenvalue weighted by Crippen LogP contribution is 2.06. The first-order valence-corrected chi connectivity index (χ1v) is 8.56. The van der Waals surface area contributed by atoms with Crippen LogP contribution in [0.25, 0.3) is 0 Å². The Labute approximate surface area is 84.4 Å². The van der Waals surface area contributed by atoms with Gasteiger partial charge in [0.1, 0.15) is 8.07 Å². The number of rotatable bonds is 2. The Kier molecular flexibility index (Phi) is 5.09. The lowest BCUT2D eigenvalue weighted by atomic mass is 10.1. The lowest BCUT2D eigenvalue weighted by Crippen LogP contribution is -2.16. The Hall–Kier alpha value is -0.483. The van der Waals surface area contributed by atoms with E-state index in [4.69, 9.17) is 0 Å². The summed E-state index contributed by atoms with van der Waals surface area (Å²) in [7, 11) is -1.18. The van der Waals surface area contributed by atoms with Gasteiger partial charge >= 0.3 is 0 Å². The van der Waals surface area contributed by atoms with Gasteiger partial charge in [0.15, 0.2) is 0 Å². The maximum absolute atomic E-state index is 3.37. The van der Waals surface area contributed by atoms with E-state index in [1.165, 1.54) is 12.0 Å². The second-order valence-electron chi connectivity index (χ2n) is 4.74. The summed E-state index contributed by atoms with van der Waals surface area (Å²) in [5.41, 5.74) is 4.60. The second-order valence-corrected chi connectivity index (χ2v) is 9.49. The van der Waals surface area contributed by atoms with Crippen LogP contribution in [-0.4, -0.2) is 8.07 Å². The minimum Gasteiger partial charge on any atom is -0.127 e. The van der Waals surface area contributed by atoms with Gasteiger partial charge in [0.2, 0.25) is 0 Å². The summed E-state index contributed by atoms with van der Waals surface area (Å²) in [6, 6.07) is 0. The van der Waals surface area contributed by atoms with Crippen LogP contribution in [0, 0.1) is 17.4 Å². The Balaban J connectivity index is 4.35. The van der Waals surface area contributed by atoms with Crippen LogP contribution in [0.3, 0.4) is 0 Å². The van der Waals surface area contributed by atoms with Gasteiger partial charge in [-0.15, -0.1) is 5.54 Å². The SMILES string of the molecule is CC[C@H](C)/C=C(\C)C#C[Si](C)(C)C. The first-order chi connectivity index (χ1) is 5.85. The Morgan fingerprint density at radius 1 is 1.38 bits per heavy atom. The molecule has 0 N–H and O–H groups in total. The quantitative estimate of drug-likeness (QED) is 0.462. The van der Waals surface area contributed by atoms with Gasteiger partial charge in [-0.25, -0.2) is 0 Å². The molecule has 1 atom stereocenters. The molecule has 0 saturated carbocycles. The molecule has 0 aromatic rings. The first kappa shape index (κ1) is 12.5. The van der Waals surface area contributed by atoms with E-state index in [-0.39, 0.29) is 0 Å². The molecule has 0 nitrogen and oxygen atoms in total. The van der Waals surface area contributed by atoms with E-state index >= 15 is 0 Å². The average Bonchev–Trinajstić information content (AvgIpc) is 1.99. The summed E-state index contributed by atoms with van der Waals surface area (Å²) in [5.74, 6) is 3.92. The number of hydrogen-bond acceptors (Lipinski definition) is 0. The predicted molar refractivity (Wildman–Crippen MR) is 64.3 cm³/mol. The molecular formula is C12H22Si. The van der Waals surface area contributed by atoms with E-state index in [1.807, 2.05) is 0 Å². The van der Waals surface area contributed by atoms with E-state index in [9.17, 15) is 0 Å². The third-order valence-electron chi connectivity index (χ3n) is 1.81. The molecule has 0 radical (unpaired) electrons. The van der Waals surface area contributed by atoms with Crippen molar-refractivity contribution in [1.29, 1.82) is 0 Å². The van der Waals surface area contributed by atoms with Gasteiger partial charge in [-0.05, 0) is 18.4 Å². The van der Waals surface area contributed by atoms with Crippen molar-refractivity contribution in [2.24, 2.45) is 5.92 Å². The third-order valence-corrected chi connectivity index (χ3v) is 2.69. The molecule has 0 aliphatic carbocycles. The maximum Gasteiger partial charge on any atom is 0.129 e. The molecule has 13 heavy (non-hydrogen) atoms.